The number of nitrogens with one attached hydrogen (secondary N) is 1. The molecule has 174 valence electrons. The molecule has 33 heavy (non-hydrogen) atoms. The first kappa shape index (κ1) is 22.3. The topological polar surface area (TPSA) is 82.5 Å². The summed E-state index contributed by atoms with van der Waals surface area (Å²) in [7, 11) is 0. The van der Waals surface area contributed by atoms with Crippen LogP contribution in [0, 0.1) is 5.92 Å². The molecule has 0 saturated heterocycles. The molecule has 5 rings (SSSR count). The zero-order valence-electron chi connectivity index (χ0n) is 18.8. The van der Waals surface area contributed by atoms with Gasteiger partial charge in [0.2, 0.25) is 12.7 Å². The Labute approximate surface area is 200 Å². The second kappa shape index (κ2) is 9.38. The summed E-state index contributed by atoms with van der Waals surface area (Å²) >= 11 is 2.96. The maximum Gasteiger partial charge on any atom is 0.263 e. The summed E-state index contributed by atoms with van der Waals surface area (Å²) in [4.78, 5) is 33.2. The molecular formula is C24H27N3O4S2. The molecule has 1 aromatic carbocycles. The van der Waals surface area contributed by atoms with Crippen LogP contribution in [0.25, 0.3) is 10.2 Å². The number of anilines is 1. The van der Waals surface area contributed by atoms with E-state index in [2.05, 4.69) is 19.2 Å². The van der Waals surface area contributed by atoms with E-state index in [1.54, 1.807) is 34.1 Å². The second-order valence-electron chi connectivity index (χ2n) is 8.83. The second-order valence-corrected chi connectivity index (χ2v) is 10.9. The number of carbonyl (C=O) groups is 1. The van der Waals surface area contributed by atoms with Gasteiger partial charge in [0.25, 0.3) is 5.56 Å². The highest BCUT2D eigenvalue weighted by Gasteiger charge is 2.23. The number of hydrogen-bond acceptors (Lipinski definition) is 7. The number of rotatable bonds is 7. The third-order valence-electron chi connectivity index (χ3n) is 5.96. The quantitative estimate of drug-likeness (QED) is 0.381. The van der Waals surface area contributed by atoms with Crippen LogP contribution < -0.4 is 20.3 Å². The van der Waals surface area contributed by atoms with E-state index < -0.39 is 0 Å². The molecule has 2 aliphatic rings. The van der Waals surface area contributed by atoms with Crippen molar-refractivity contribution in [3.63, 3.8) is 0 Å². The van der Waals surface area contributed by atoms with Gasteiger partial charge in [0.1, 0.15) is 4.83 Å². The van der Waals surface area contributed by atoms with E-state index in [0.717, 1.165) is 35.9 Å². The SMILES string of the molecule is CC(C)CCn1c(SCC(=O)Nc2ccc3c(c2)OCO3)nc2sc3c(c2c1=O)CCCC3. The number of aromatic nitrogens is 2. The highest BCUT2D eigenvalue weighted by Crippen LogP contribution is 2.36. The number of nitrogens with zero attached hydrogens (tertiary/aromatic N) is 2. The molecule has 1 aliphatic carbocycles. The predicted octanol–water partition coefficient (Wildman–Crippen LogP) is 4.84. The van der Waals surface area contributed by atoms with Crippen molar-refractivity contribution >= 4 is 44.9 Å². The summed E-state index contributed by atoms with van der Waals surface area (Å²) in [6.07, 6.45) is 5.17. The fourth-order valence-corrected chi connectivity index (χ4v) is 6.34. The summed E-state index contributed by atoms with van der Waals surface area (Å²) in [6.45, 7) is 5.09. The van der Waals surface area contributed by atoms with Crippen molar-refractivity contribution in [2.24, 2.45) is 5.92 Å². The van der Waals surface area contributed by atoms with E-state index in [0.29, 0.717) is 34.8 Å². The Morgan fingerprint density at radius 3 is 2.91 bits per heavy atom. The molecule has 9 heteroatoms. The zero-order valence-corrected chi connectivity index (χ0v) is 20.4. The van der Waals surface area contributed by atoms with Gasteiger partial charge in [0.15, 0.2) is 16.7 Å². The maximum atomic E-state index is 13.5. The van der Waals surface area contributed by atoms with Crippen molar-refractivity contribution in [1.29, 1.82) is 0 Å². The average Bonchev–Trinajstić information content (AvgIpc) is 3.40. The molecule has 1 N–H and O–H groups in total. The lowest BCUT2D eigenvalue weighted by Crippen LogP contribution is -2.25. The Kier molecular flexibility index (Phi) is 6.34. The Hall–Kier alpha value is -2.52. The Morgan fingerprint density at radius 2 is 2.06 bits per heavy atom. The van der Waals surface area contributed by atoms with Crippen LogP contribution >= 0.6 is 23.1 Å². The van der Waals surface area contributed by atoms with Gasteiger partial charge in [-0.2, -0.15) is 0 Å². The van der Waals surface area contributed by atoms with Crippen LogP contribution in [0.1, 0.15) is 43.6 Å². The first-order valence-corrected chi connectivity index (χ1v) is 13.2. The van der Waals surface area contributed by atoms with Gasteiger partial charge in [0.05, 0.1) is 11.1 Å². The van der Waals surface area contributed by atoms with Gasteiger partial charge in [-0.1, -0.05) is 25.6 Å². The largest absolute Gasteiger partial charge is 0.454 e. The Balaban J connectivity index is 1.38. The fraction of sp³-hybridized carbons (Fsp3) is 0.458. The first-order valence-electron chi connectivity index (χ1n) is 11.4. The minimum absolute atomic E-state index is 0.0405. The van der Waals surface area contributed by atoms with E-state index in [4.69, 9.17) is 14.5 Å². The van der Waals surface area contributed by atoms with E-state index in [1.807, 2.05) is 0 Å². The molecule has 0 atom stereocenters. The van der Waals surface area contributed by atoms with Crippen LogP contribution in [0.15, 0.2) is 28.2 Å². The zero-order chi connectivity index (χ0) is 22.9. The predicted molar refractivity (Wildman–Crippen MR) is 132 cm³/mol. The standard InChI is InChI=1S/C24H27N3O4S2/c1-14(2)9-10-27-23(29)21-16-5-3-4-6-19(16)33-22(21)26-24(27)32-12-20(28)25-15-7-8-17-18(11-15)31-13-30-17/h7-8,11,14H,3-6,9-10,12-13H2,1-2H3,(H,25,28). The number of thiophene rings is 1. The van der Waals surface area contributed by atoms with Crippen molar-refractivity contribution in [3.8, 4) is 11.5 Å². The van der Waals surface area contributed by atoms with Gasteiger partial charge in [0, 0.05) is 23.2 Å². The summed E-state index contributed by atoms with van der Waals surface area (Å²) in [6, 6.07) is 5.32. The highest BCUT2D eigenvalue weighted by atomic mass is 32.2. The number of aryl methyl sites for hydroxylation is 2. The number of thioether (sulfide) groups is 1. The van der Waals surface area contributed by atoms with Crippen molar-refractivity contribution in [2.45, 2.75) is 57.7 Å². The van der Waals surface area contributed by atoms with Gasteiger partial charge in [-0.15, -0.1) is 11.3 Å². The molecule has 7 nitrogen and oxygen atoms in total. The van der Waals surface area contributed by atoms with Crippen LogP contribution in [0.4, 0.5) is 5.69 Å². The fourth-order valence-electron chi connectivity index (χ4n) is 4.22. The highest BCUT2D eigenvalue weighted by molar-refractivity contribution is 7.99. The van der Waals surface area contributed by atoms with Crippen LogP contribution in [-0.4, -0.2) is 28.0 Å². The average molecular weight is 486 g/mol. The molecule has 0 fully saturated rings. The van der Waals surface area contributed by atoms with Gasteiger partial charge >= 0.3 is 0 Å². The number of ether oxygens (including phenoxy) is 2. The van der Waals surface area contributed by atoms with E-state index >= 15 is 0 Å². The third-order valence-corrected chi connectivity index (χ3v) is 8.12. The summed E-state index contributed by atoms with van der Waals surface area (Å²) in [5, 5.41) is 4.31. The van der Waals surface area contributed by atoms with E-state index in [1.165, 1.54) is 28.6 Å². The van der Waals surface area contributed by atoms with Crippen LogP contribution in [0.2, 0.25) is 0 Å². The molecule has 0 spiro atoms. The third kappa shape index (κ3) is 4.61. The van der Waals surface area contributed by atoms with E-state index in [-0.39, 0.29) is 24.0 Å². The number of carbonyl (C=O) groups excluding carboxylic acids is 1. The first-order chi connectivity index (χ1) is 16.0. The Morgan fingerprint density at radius 1 is 1.24 bits per heavy atom. The van der Waals surface area contributed by atoms with Crippen LogP contribution in [0.5, 0.6) is 11.5 Å². The molecule has 1 aliphatic heterocycles. The number of hydrogen-bond donors (Lipinski definition) is 1. The number of benzene rings is 1. The maximum absolute atomic E-state index is 13.5. The molecule has 3 aromatic rings. The van der Waals surface area contributed by atoms with Crippen LogP contribution in [0.3, 0.4) is 0 Å². The van der Waals surface area contributed by atoms with E-state index in [9.17, 15) is 9.59 Å². The molecule has 3 heterocycles. The minimum atomic E-state index is -0.158. The van der Waals surface area contributed by atoms with Gasteiger partial charge in [-0.05, 0) is 55.7 Å². The molecule has 2 aromatic heterocycles. The molecule has 1 amide bonds. The molecule has 0 saturated carbocycles. The summed E-state index contributed by atoms with van der Waals surface area (Å²) in [5.74, 6) is 1.77. The van der Waals surface area contributed by atoms with Gasteiger partial charge < -0.3 is 14.8 Å². The molecule has 0 bridgehead atoms. The summed E-state index contributed by atoms with van der Waals surface area (Å²) in [5.41, 5.74) is 1.89. The minimum Gasteiger partial charge on any atom is -0.454 e. The number of fused-ring (bicyclic) bond motifs is 4. The van der Waals surface area contributed by atoms with Crippen molar-refractivity contribution < 1.29 is 14.3 Å². The smallest absolute Gasteiger partial charge is 0.263 e. The lowest BCUT2D eigenvalue weighted by molar-refractivity contribution is -0.113. The lowest BCUT2D eigenvalue weighted by Gasteiger charge is -2.14. The summed E-state index contributed by atoms with van der Waals surface area (Å²) < 4.78 is 12.5. The van der Waals surface area contributed by atoms with Crippen molar-refractivity contribution in [1.82, 2.24) is 9.55 Å². The number of amides is 1. The normalized spacial score (nSPS) is 14.6. The lowest BCUT2D eigenvalue weighted by atomic mass is 9.97. The van der Waals surface area contributed by atoms with Gasteiger partial charge in [-0.3, -0.25) is 14.2 Å². The van der Waals surface area contributed by atoms with Crippen molar-refractivity contribution in [3.05, 3.63) is 39.0 Å². The Bertz CT molecular complexity index is 1260. The van der Waals surface area contributed by atoms with Crippen LogP contribution in [-0.2, 0) is 24.2 Å². The molecule has 0 radical (unpaired) electrons. The van der Waals surface area contributed by atoms with Gasteiger partial charge in [-0.25, -0.2) is 4.98 Å². The molecule has 0 unspecified atom stereocenters. The molecular weight excluding hydrogens is 458 g/mol. The van der Waals surface area contributed by atoms with Crippen molar-refractivity contribution in [2.75, 3.05) is 17.9 Å². The monoisotopic (exact) mass is 485 g/mol.